The molecule has 1 aromatic carbocycles. The zero-order valence-corrected chi connectivity index (χ0v) is 9.39. The summed E-state index contributed by atoms with van der Waals surface area (Å²) in [6.07, 6.45) is 0.724. The van der Waals surface area contributed by atoms with Crippen molar-refractivity contribution in [2.75, 3.05) is 18.4 Å². The quantitative estimate of drug-likeness (QED) is 0.783. The van der Waals surface area contributed by atoms with Crippen LogP contribution >= 0.6 is 0 Å². The van der Waals surface area contributed by atoms with Crippen LogP contribution in [0.3, 0.4) is 0 Å². The number of nitrogens with two attached hydrogens (primary N) is 1. The second kappa shape index (κ2) is 5.71. The number of benzene rings is 1. The normalized spacial score (nSPS) is 10.7. The van der Waals surface area contributed by atoms with Crippen LogP contribution in [0.2, 0.25) is 0 Å². The Balaban J connectivity index is 2.66. The summed E-state index contributed by atoms with van der Waals surface area (Å²) in [7, 11) is 0. The van der Waals surface area contributed by atoms with Crippen molar-refractivity contribution in [2.45, 2.75) is 20.3 Å². The molecular weight excluding hydrogens is 191 g/mol. The Labute approximate surface area is 90.7 Å². The fourth-order valence-corrected chi connectivity index (χ4v) is 1.34. The van der Waals surface area contributed by atoms with Crippen LogP contribution in [0.4, 0.5) is 10.1 Å². The van der Waals surface area contributed by atoms with Crippen LogP contribution < -0.4 is 11.1 Å². The molecule has 0 saturated heterocycles. The summed E-state index contributed by atoms with van der Waals surface area (Å²) in [5, 5.41) is 3.08. The van der Waals surface area contributed by atoms with Crippen molar-refractivity contribution in [3.05, 3.63) is 29.6 Å². The zero-order chi connectivity index (χ0) is 11.3. The maximum Gasteiger partial charge on any atom is 0.146 e. The summed E-state index contributed by atoms with van der Waals surface area (Å²) in [4.78, 5) is 0. The predicted octanol–water partition coefficient (Wildman–Crippen LogP) is 2.39. The van der Waals surface area contributed by atoms with Gasteiger partial charge in [0.15, 0.2) is 0 Å². The summed E-state index contributed by atoms with van der Waals surface area (Å²) in [6, 6.07) is 5.25. The standard InChI is InChI=1S/C12H19FN2/c1-9(2)8-15-12-4-3-10(5-6-14)7-11(12)13/h3-4,7,9,15H,5-6,8,14H2,1-2H3. The highest BCUT2D eigenvalue weighted by Crippen LogP contribution is 2.16. The SMILES string of the molecule is CC(C)CNc1ccc(CCN)cc1F. The Morgan fingerprint density at radius 1 is 1.40 bits per heavy atom. The van der Waals surface area contributed by atoms with E-state index < -0.39 is 0 Å². The first kappa shape index (κ1) is 12.0. The first-order chi connectivity index (χ1) is 7.13. The molecule has 0 heterocycles. The summed E-state index contributed by atoms with van der Waals surface area (Å²) < 4.78 is 13.5. The van der Waals surface area contributed by atoms with E-state index in [1.807, 2.05) is 6.07 Å². The molecule has 0 amide bonds. The van der Waals surface area contributed by atoms with Gasteiger partial charge in [-0.2, -0.15) is 0 Å². The first-order valence-electron chi connectivity index (χ1n) is 5.36. The van der Waals surface area contributed by atoms with Crippen molar-refractivity contribution in [2.24, 2.45) is 11.7 Å². The van der Waals surface area contributed by atoms with Crippen LogP contribution in [0, 0.1) is 11.7 Å². The molecule has 0 aliphatic rings. The molecule has 3 N–H and O–H groups in total. The van der Waals surface area contributed by atoms with Gasteiger partial charge in [0.2, 0.25) is 0 Å². The summed E-state index contributed by atoms with van der Waals surface area (Å²) in [6.45, 7) is 5.52. The molecule has 84 valence electrons. The van der Waals surface area contributed by atoms with E-state index in [-0.39, 0.29) is 5.82 Å². The van der Waals surface area contributed by atoms with Crippen molar-refractivity contribution in [3.8, 4) is 0 Å². The number of nitrogens with one attached hydrogen (secondary N) is 1. The lowest BCUT2D eigenvalue weighted by Crippen LogP contribution is -2.09. The van der Waals surface area contributed by atoms with Crippen molar-refractivity contribution < 1.29 is 4.39 Å². The van der Waals surface area contributed by atoms with Crippen LogP contribution in [0.25, 0.3) is 0 Å². The van der Waals surface area contributed by atoms with E-state index in [2.05, 4.69) is 19.2 Å². The highest BCUT2D eigenvalue weighted by molar-refractivity contribution is 5.46. The molecule has 2 nitrogen and oxygen atoms in total. The lowest BCUT2D eigenvalue weighted by molar-refractivity contribution is 0.622. The Morgan fingerprint density at radius 2 is 2.13 bits per heavy atom. The van der Waals surface area contributed by atoms with E-state index in [1.165, 1.54) is 0 Å². The molecule has 0 fully saturated rings. The monoisotopic (exact) mass is 210 g/mol. The minimum Gasteiger partial charge on any atom is -0.382 e. The van der Waals surface area contributed by atoms with Crippen molar-refractivity contribution in [1.82, 2.24) is 0 Å². The van der Waals surface area contributed by atoms with Crippen LogP contribution in [0.15, 0.2) is 18.2 Å². The van der Waals surface area contributed by atoms with Crippen LogP contribution in [-0.2, 0) is 6.42 Å². The predicted molar refractivity (Wildman–Crippen MR) is 62.5 cm³/mol. The molecule has 3 heteroatoms. The van der Waals surface area contributed by atoms with Gasteiger partial charge in [0, 0.05) is 6.54 Å². The van der Waals surface area contributed by atoms with Crippen molar-refractivity contribution >= 4 is 5.69 Å². The molecule has 0 spiro atoms. The fraction of sp³-hybridized carbons (Fsp3) is 0.500. The molecule has 0 radical (unpaired) electrons. The lowest BCUT2D eigenvalue weighted by Gasteiger charge is -2.10. The van der Waals surface area contributed by atoms with E-state index in [4.69, 9.17) is 5.73 Å². The van der Waals surface area contributed by atoms with Crippen LogP contribution in [0.1, 0.15) is 19.4 Å². The van der Waals surface area contributed by atoms with Gasteiger partial charge in [-0.25, -0.2) is 4.39 Å². The van der Waals surface area contributed by atoms with Gasteiger partial charge in [-0.3, -0.25) is 0 Å². The second-order valence-electron chi connectivity index (χ2n) is 4.13. The molecule has 0 aliphatic heterocycles. The molecule has 15 heavy (non-hydrogen) atoms. The van der Waals surface area contributed by atoms with E-state index in [0.717, 1.165) is 18.5 Å². The molecule has 0 unspecified atom stereocenters. The fourth-order valence-electron chi connectivity index (χ4n) is 1.34. The smallest absolute Gasteiger partial charge is 0.146 e. The Kier molecular flexibility index (Phi) is 4.56. The van der Waals surface area contributed by atoms with Gasteiger partial charge in [-0.15, -0.1) is 0 Å². The van der Waals surface area contributed by atoms with Gasteiger partial charge in [-0.1, -0.05) is 19.9 Å². The van der Waals surface area contributed by atoms with Gasteiger partial charge < -0.3 is 11.1 Å². The number of halogens is 1. The molecule has 0 atom stereocenters. The van der Waals surface area contributed by atoms with Gasteiger partial charge in [0.05, 0.1) is 5.69 Å². The topological polar surface area (TPSA) is 38.0 Å². The van der Waals surface area contributed by atoms with Gasteiger partial charge in [0.25, 0.3) is 0 Å². The number of hydrogen-bond acceptors (Lipinski definition) is 2. The second-order valence-corrected chi connectivity index (χ2v) is 4.13. The third kappa shape index (κ3) is 3.88. The highest BCUT2D eigenvalue weighted by Gasteiger charge is 2.03. The minimum atomic E-state index is -0.193. The van der Waals surface area contributed by atoms with Crippen molar-refractivity contribution in [3.63, 3.8) is 0 Å². The van der Waals surface area contributed by atoms with Gasteiger partial charge in [-0.05, 0) is 36.6 Å². The largest absolute Gasteiger partial charge is 0.382 e. The summed E-state index contributed by atoms with van der Waals surface area (Å²) in [5.41, 5.74) is 6.93. The van der Waals surface area contributed by atoms with Crippen LogP contribution in [0.5, 0.6) is 0 Å². The maximum absolute atomic E-state index is 13.5. The van der Waals surface area contributed by atoms with E-state index in [9.17, 15) is 4.39 Å². The average Bonchev–Trinajstić information content (AvgIpc) is 2.17. The molecule has 0 bridgehead atoms. The first-order valence-corrected chi connectivity index (χ1v) is 5.36. The van der Waals surface area contributed by atoms with Crippen molar-refractivity contribution in [1.29, 1.82) is 0 Å². The number of anilines is 1. The third-order valence-corrected chi connectivity index (χ3v) is 2.17. The Bertz CT molecular complexity index is 310. The minimum absolute atomic E-state index is 0.193. The van der Waals surface area contributed by atoms with Crippen LogP contribution in [-0.4, -0.2) is 13.1 Å². The molecule has 0 aromatic heterocycles. The molecule has 1 rings (SSSR count). The lowest BCUT2D eigenvalue weighted by atomic mass is 10.1. The van der Waals surface area contributed by atoms with E-state index in [1.54, 1.807) is 12.1 Å². The number of hydrogen-bond donors (Lipinski definition) is 2. The molecular formula is C12H19FN2. The van der Waals surface area contributed by atoms with Gasteiger partial charge in [0.1, 0.15) is 5.82 Å². The molecule has 1 aromatic rings. The Hall–Kier alpha value is -1.09. The maximum atomic E-state index is 13.5. The zero-order valence-electron chi connectivity index (χ0n) is 9.39. The third-order valence-electron chi connectivity index (χ3n) is 2.17. The van der Waals surface area contributed by atoms with Gasteiger partial charge >= 0.3 is 0 Å². The Morgan fingerprint density at radius 3 is 2.67 bits per heavy atom. The highest BCUT2D eigenvalue weighted by atomic mass is 19.1. The summed E-state index contributed by atoms with van der Waals surface area (Å²) in [5.74, 6) is 0.315. The molecule has 0 aliphatic carbocycles. The average molecular weight is 210 g/mol. The molecule has 0 saturated carbocycles. The van der Waals surface area contributed by atoms with E-state index in [0.29, 0.717) is 18.2 Å². The van der Waals surface area contributed by atoms with E-state index >= 15 is 0 Å². The summed E-state index contributed by atoms with van der Waals surface area (Å²) >= 11 is 0. The number of rotatable bonds is 5.